The van der Waals surface area contributed by atoms with Gasteiger partial charge in [0.25, 0.3) is 0 Å². The second-order valence-electron chi connectivity index (χ2n) is 5.30. The lowest BCUT2D eigenvalue weighted by atomic mass is 10.2. The first-order valence-electron chi connectivity index (χ1n) is 7.31. The van der Waals surface area contributed by atoms with Gasteiger partial charge in [-0.1, -0.05) is 0 Å². The predicted molar refractivity (Wildman–Crippen MR) is 82.0 cm³/mol. The summed E-state index contributed by atoms with van der Waals surface area (Å²) in [4.78, 5) is 6.94. The molecule has 0 radical (unpaired) electrons. The van der Waals surface area contributed by atoms with Gasteiger partial charge in [0.15, 0.2) is 0 Å². The SMILES string of the molecule is OCCOCc1ncn2c1CN(Cc1ccsc1)CCC2. The quantitative estimate of drug-likeness (QED) is 0.828. The van der Waals surface area contributed by atoms with Crippen LogP contribution in [0.25, 0.3) is 0 Å². The molecule has 1 aliphatic heterocycles. The molecule has 0 amide bonds. The smallest absolute Gasteiger partial charge is 0.0953 e. The Labute approximate surface area is 128 Å². The van der Waals surface area contributed by atoms with Gasteiger partial charge in [0, 0.05) is 26.2 Å². The minimum atomic E-state index is 0.0559. The molecule has 0 aromatic carbocycles. The molecule has 2 aromatic heterocycles. The van der Waals surface area contributed by atoms with Gasteiger partial charge < -0.3 is 14.4 Å². The number of hydrogen-bond donors (Lipinski definition) is 1. The lowest BCUT2D eigenvalue weighted by molar-refractivity contribution is 0.0790. The summed E-state index contributed by atoms with van der Waals surface area (Å²) in [5.41, 5.74) is 3.63. The Hall–Kier alpha value is -1.21. The summed E-state index contributed by atoms with van der Waals surface area (Å²) in [6.07, 6.45) is 3.06. The first-order valence-corrected chi connectivity index (χ1v) is 8.26. The van der Waals surface area contributed by atoms with Crippen LogP contribution in [0.15, 0.2) is 23.2 Å². The molecule has 0 saturated heterocycles. The lowest BCUT2D eigenvalue weighted by Gasteiger charge is -2.19. The third kappa shape index (κ3) is 3.71. The van der Waals surface area contributed by atoms with E-state index in [2.05, 4.69) is 31.3 Å². The number of aromatic nitrogens is 2. The molecule has 0 aliphatic carbocycles. The fourth-order valence-corrected chi connectivity index (χ4v) is 3.37. The molecule has 5 nitrogen and oxygen atoms in total. The van der Waals surface area contributed by atoms with Crippen molar-refractivity contribution in [3.05, 3.63) is 40.1 Å². The largest absolute Gasteiger partial charge is 0.394 e. The van der Waals surface area contributed by atoms with E-state index < -0.39 is 0 Å². The van der Waals surface area contributed by atoms with Crippen LogP contribution in [0.2, 0.25) is 0 Å². The van der Waals surface area contributed by atoms with E-state index >= 15 is 0 Å². The maximum absolute atomic E-state index is 8.81. The molecule has 3 rings (SSSR count). The van der Waals surface area contributed by atoms with Crippen LogP contribution >= 0.6 is 11.3 Å². The van der Waals surface area contributed by atoms with Crippen LogP contribution in [0.5, 0.6) is 0 Å². The van der Waals surface area contributed by atoms with Crippen molar-refractivity contribution in [3.63, 3.8) is 0 Å². The summed E-state index contributed by atoms with van der Waals surface area (Å²) in [5, 5.41) is 13.2. The number of nitrogens with zero attached hydrogens (tertiary/aromatic N) is 3. The number of ether oxygens (including phenoxy) is 1. The Morgan fingerprint density at radius 3 is 3.14 bits per heavy atom. The van der Waals surface area contributed by atoms with Crippen molar-refractivity contribution in [2.45, 2.75) is 32.7 Å². The zero-order valence-corrected chi connectivity index (χ0v) is 12.9. The maximum Gasteiger partial charge on any atom is 0.0953 e. The van der Waals surface area contributed by atoms with Gasteiger partial charge >= 0.3 is 0 Å². The molecule has 3 heterocycles. The van der Waals surface area contributed by atoms with Crippen LogP contribution < -0.4 is 0 Å². The number of thiophene rings is 1. The Bertz CT molecular complexity index is 553. The molecule has 1 aliphatic rings. The van der Waals surface area contributed by atoms with E-state index in [0.717, 1.165) is 38.3 Å². The second-order valence-corrected chi connectivity index (χ2v) is 6.08. The van der Waals surface area contributed by atoms with E-state index in [1.807, 2.05) is 6.33 Å². The van der Waals surface area contributed by atoms with E-state index in [0.29, 0.717) is 13.2 Å². The van der Waals surface area contributed by atoms with Gasteiger partial charge in [0.1, 0.15) is 0 Å². The van der Waals surface area contributed by atoms with Crippen molar-refractivity contribution in [1.82, 2.24) is 14.5 Å². The normalized spacial score (nSPS) is 15.9. The highest BCUT2D eigenvalue weighted by atomic mass is 32.1. The lowest BCUT2D eigenvalue weighted by Crippen LogP contribution is -2.23. The van der Waals surface area contributed by atoms with Crippen molar-refractivity contribution in [2.24, 2.45) is 0 Å². The molecular formula is C15H21N3O2S. The predicted octanol–water partition coefficient (Wildman–Crippen LogP) is 1.86. The van der Waals surface area contributed by atoms with Crippen LogP contribution in [0.1, 0.15) is 23.4 Å². The van der Waals surface area contributed by atoms with Crippen molar-refractivity contribution < 1.29 is 9.84 Å². The van der Waals surface area contributed by atoms with Gasteiger partial charge in [-0.2, -0.15) is 11.3 Å². The first kappa shape index (κ1) is 14.7. The van der Waals surface area contributed by atoms with E-state index in [9.17, 15) is 0 Å². The molecular weight excluding hydrogens is 286 g/mol. The van der Waals surface area contributed by atoms with Gasteiger partial charge in [0.05, 0.1) is 37.5 Å². The minimum absolute atomic E-state index is 0.0559. The van der Waals surface area contributed by atoms with E-state index in [4.69, 9.17) is 9.84 Å². The Balaban J connectivity index is 1.69. The highest BCUT2D eigenvalue weighted by molar-refractivity contribution is 7.07. The number of fused-ring (bicyclic) bond motifs is 1. The Kier molecular flexibility index (Phi) is 5.03. The van der Waals surface area contributed by atoms with Crippen LogP contribution in [-0.4, -0.2) is 39.3 Å². The molecule has 21 heavy (non-hydrogen) atoms. The second kappa shape index (κ2) is 7.17. The third-order valence-corrected chi connectivity index (χ3v) is 4.47. The van der Waals surface area contributed by atoms with E-state index in [1.165, 1.54) is 11.3 Å². The number of aliphatic hydroxyl groups is 1. The average Bonchev–Trinajstić information content (AvgIpc) is 3.06. The third-order valence-electron chi connectivity index (χ3n) is 3.74. The summed E-state index contributed by atoms with van der Waals surface area (Å²) in [6.45, 7) is 4.93. The standard InChI is InChI=1S/C15H21N3O2S/c19-5-6-20-10-14-15-9-17(8-13-2-7-21-11-13)3-1-4-18(15)12-16-14/h2,7,11-12,19H,1,3-6,8-10H2. The number of rotatable bonds is 6. The van der Waals surface area contributed by atoms with Gasteiger partial charge in [0.2, 0.25) is 0 Å². The number of aryl methyl sites for hydroxylation is 1. The van der Waals surface area contributed by atoms with Crippen molar-refractivity contribution in [2.75, 3.05) is 19.8 Å². The van der Waals surface area contributed by atoms with Crippen LogP contribution in [0, 0.1) is 0 Å². The first-order chi connectivity index (χ1) is 10.4. The number of imidazole rings is 1. The Morgan fingerprint density at radius 2 is 2.33 bits per heavy atom. The molecule has 1 N–H and O–H groups in total. The van der Waals surface area contributed by atoms with Crippen LogP contribution in [-0.2, 0) is 31.0 Å². The van der Waals surface area contributed by atoms with Crippen molar-refractivity contribution in [3.8, 4) is 0 Å². The van der Waals surface area contributed by atoms with Gasteiger partial charge in [-0.05, 0) is 28.8 Å². The minimum Gasteiger partial charge on any atom is -0.394 e. The molecule has 2 aromatic rings. The molecule has 0 bridgehead atoms. The molecule has 6 heteroatoms. The van der Waals surface area contributed by atoms with Crippen molar-refractivity contribution >= 4 is 11.3 Å². The van der Waals surface area contributed by atoms with Gasteiger partial charge in [-0.15, -0.1) is 0 Å². The summed E-state index contributed by atoms with van der Waals surface area (Å²) < 4.78 is 7.67. The van der Waals surface area contributed by atoms with Gasteiger partial charge in [-0.3, -0.25) is 4.90 Å². The summed E-state index contributed by atoms with van der Waals surface area (Å²) in [6, 6.07) is 2.19. The van der Waals surface area contributed by atoms with E-state index in [-0.39, 0.29) is 6.61 Å². The Morgan fingerprint density at radius 1 is 1.38 bits per heavy atom. The molecule has 0 spiro atoms. The molecule has 114 valence electrons. The monoisotopic (exact) mass is 307 g/mol. The van der Waals surface area contributed by atoms with Gasteiger partial charge in [-0.25, -0.2) is 4.98 Å². The maximum atomic E-state index is 8.81. The number of aliphatic hydroxyl groups excluding tert-OH is 1. The van der Waals surface area contributed by atoms with Crippen molar-refractivity contribution in [1.29, 1.82) is 0 Å². The molecule has 0 saturated carbocycles. The molecule has 0 unspecified atom stereocenters. The average molecular weight is 307 g/mol. The molecule has 0 atom stereocenters. The number of hydrogen-bond acceptors (Lipinski definition) is 5. The topological polar surface area (TPSA) is 50.5 Å². The van der Waals surface area contributed by atoms with Crippen LogP contribution in [0.3, 0.4) is 0 Å². The molecule has 0 fully saturated rings. The van der Waals surface area contributed by atoms with E-state index in [1.54, 1.807) is 11.3 Å². The summed E-state index contributed by atoms with van der Waals surface area (Å²) in [7, 11) is 0. The fourth-order valence-electron chi connectivity index (χ4n) is 2.71. The summed E-state index contributed by atoms with van der Waals surface area (Å²) >= 11 is 1.75. The highest BCUT2D eigenvalue weighted by Gasteiger charge is 2.18. The van der Waals surface area contributed by atoms with Crippen LogP contribution in [0.4, 0.5) is 0 Å². The zero-order valence-electron chi connectivity index (χ0n) is 12.1. The summed E-state index contributed by atoms with van der Waals surface area (Å²) in [5.74, 6) is 0. The highest BCUT2D eigenvalue weighted by Crippen LogP contribution is 2.19. The fraction of sp³-hybridized carbons (Fsp3) is 0.533. The zero-order chi connectivity index (χ0) is 14.5.